The van der Waals surface area contributed by atoms with Crippen LogP contribution in [0.4, 0.5) is 0 Å². The average molecular weight is 282 g/mol. The van der Waals surface area contributed by atoms with Crippen LogP contribution in [0.1, 0.15) is 60.8 Å². The highest BCUT2D eigenvalue weighted by Gasteiger charge is 2.54. The van der Waals surface area contributed by atoms with E-state index in [0.717, 1.165) is 19.1 Å². The number of ether oxygens (including phenoxy) is 1. The lowest BCUT2D eigenvalue weighted by Gasteiger charge is -2.34. The second kappa shape index (κ2) is 5.94. The second-order valence-electron chi connectivity index (χ2n) is 7.67. The van der Waals surface area contributed by atoms with Gasteiger partial charge in [0.1, 0.15) is 0 Å². The number of rotatable bonds is 7. The smallest absolute Gasteiger partial charge is 0.0790 e. The summed E-state index contributed by atoms with van der Waals surface area (Å²) in [5.41, 5.74) is -0.122. The van der Waals surface area contributed by atoms with Crippen molar-refractivity contribution in [3.05, 3.63) is 0 Å². The van der Waals surface area contributed by atoms with Gasteiger partial charge in [-0.3, -0.25) is 0 Å². The van der Waals surface area contributed by atoms with Crippen molar-refractivity contribution in [2.24, 2.45) is 5.92 Å². The van der Waals surface area contributed by atoms with Crippen molar-refractivity contribution in [3.63, 3.8) is 0 Å². The maximum absolute atomic E-state index is 6.41. The third kappa shape index (κ3) is 3.37. The summed E-state index contributed by atoms with van der Waals surface area (Å²) >= 11 is 0. The molecule has 0 bridgehead atoms. The van der Waals surface area contributed by atoms with Gasteiger partial charge in [-0.15, -0.1) is 0 Å². The first-order valence-electron chi connectivity index (χ1n) is 8.49. The molecule has 3 heteroatoms. The summed E-state index contributed by atoms with van der Waals surface area (Å²) in [6.45, 7) is 17.0. The maximum atomic E-state index is 6.41. The molecule has 1 saturated carbocycles. The number of nitrogens with zero attached hydrogens (tertiary/aromatic N) is 1. The van der Waals surface area contributed by atoms with Gasteiger partial charge in [0.2, 0.25) is 0 Å². The molecule has 2 rings (SSSR count). The Hall–Kier alpha value is -0.120. The van der Waals surface area contributed by atoms with Crippen LogP contribution in [0.25, 0.3) is 0 Å². The van der Waals surface area contributed by atoms with E-state index < -0.39 is 0 Å². The van der Waals surface area contributed by atoms with Gasteiger partial charge < -0.3 is 15.0 Å². The minimum Gasteiger partial charge on any atom is -0.368 e. The predicted molar refractivity (Wildman–Crippen MR) is 85.1 cm³/mol. The molecule has 0 aromatic rings. The molecule has 2 unspecified atom stereocenters. The first kappa shape index (κ1) is 16.3. The molecule has 0 aromatic heterocycles. The van der Waals surface area contributed by atoms with E-state index in [2.05, 4.69) is 51.8 Å². The summed E-state index contributed by atoms with van der Waals surface area (Å²) in [5.74, 6) is 0.560. The monoisotopic (exact) mass is 282 g/mol. The fourth-order valence-electron chi connectivity index (χ4n) is 3.94. The van der Waals surface area contributed by atoms with Gasteiger partial charge in [0.25, 0.3) is 0 Å². The molecule has 0 radical (unpaired) electrons. The third-order valence-electron chi connectivity index (χ3n) is 5.09. The summed E-state index contributed by atoms with van der Waals surface area (Å²) < 4.78 is 6.41. The molecule has 3 nitrogen and oxygen atoms in total. The molecule has 1 aliphatic carbocycles. The lowest BCUT2D eigenvalue weighted by molar-refractivity contribution is -0.0796. The molecule has 1 N–H and O–H groups in total. The van der Waals surface area contributed by atoms with E-state index in [1.807, 2.05) is 0 Å². The van der Waals surface area contributed by atoms with E-state index >= 15 is 0 Å². The summed E-state index contributed by atoms with van der Waals surface area (Å²) in [6, 6.07) is 1.29. The van der Waals surface area contributed by atoms with Gasteiger partial charge in [0.15, 0.2) is 0 Å². The topological polar surface area (TPSA) is 24.5 Å². The first-order valence-corrected chi connectivity index (χ1v) is 8.49. The Bertz CT molecular complexity index is 323. The third-order valence-corrected chi connectivity index (χ3v) is 5.09. The van der Waals surface area contributed by atoms with Gasteiger partial charge in [-0.05, 0) is 60.0 Å². The second-order valence-corrected chi connectivity index (χ2v) is 7.67. The van der Waals surface area contributed by atoms with Crippen LogP contribution in [0.2, 0.25) is 0 Å². The Morgan fingerprint density at radius 3 is 2.25 bits per heavy atom. The molecule has 20 heavy (non-hydrogen) atoms. The zero-order valence-corrected chi connectivity index (χ0v) is 14.3. The molecular formula is C17H34N2O. The normalized spacial score (nSPS) is 31.9. The molecular weight excluding hydrogens is 248 g/mol. The standard InChI is InChI=1S/C17H34N2O/c1-7-11-18-15-14(12-19(8-2)13-9-10-13)16(3,4)20-17(15,5)6/h13-15,18H,7-12H2,1-6H3. The minimum atomic E-state index is -0.0771. The van der Waals surface area contributed by atoms with Crippen LogP contribution in [-0.2, 0) is 4.74 Å². The Kier molecular flexibility index (Phi) is 4.83. The van der Waals surface area contributed by atoms with E-state index in [-0.39, 0.29) is 11.2 Å². The lowest BCUT2D eigenvalue weighted by Crippen LogP contribution is -2.51. The largest absolute Gasteiger partial charge is 0.368 e. The van der Waals surface area contributed by atoms with E-state index in [1.165, 1.54) is 25.8 Å². The molecule has 1 heterocycles. The molecule has 118 valence electrons. The zero-order chi connectivity index (χ0) is 15.0. The number of hydrogen-bond donors (Lipinski definition) is 1. The molecule has 0 spiro atoms. The average Bonchev–Trinajstić information content (AvgIpc) is 3.12. The highest BCUT2D eigenvalue weighted by atomic mass is 16.5. The summed E-state index contributed by atoms with van der Waals surface area (Å²) in [7, 11) is 0. The van der Waals surface area contributed by atoms with Crippen LogP contribution in [0.15, 0.2) is 0 Å². The van der Waals surface area contributed by atoms with Crippen LogP contribution in [0, 0.1) is 5.92 Å². The van der Waals surface area contributed by atoms with Gasteiger partial charge in [-0.1, -0.05) is 13.8 Å². The zero-order valence-electron chi connectivity index (χ0n) is 14.3. The molecule has 0 amide bonds. The quantitative estimate of drug-likeness (QED) is 0.777. The van der Waals surface area contributed by atoms with E-state index in [4.69, 9.17) is 4.74 Å². The van der Waals surface area contributed by atoms with Gasteiger partial charge in [-0.2, -0.15) is 0 Å². The van der Waals surface area contributed by atoms with Crippen molar-refractivity contribution in [1.29, 1.82) is 0 Å². The molecule has 0 aromatic carbocycles. The Morgan fingerprint density at radius 1 is 1.10 bits per heavy atom. The molecule has 1 saturated heterocycles. The Balaban J connectivity index is 2.11. The van der Waals surface area contributed by atoms with Crippen molar-refractivity contribution in [3.8, 4) is 0 Å². The highest BCUT2D eigenvalue weighted by Crippen LogP contribution is 2.43. The fourth-order valence-corrected chi connectivity index (χ4v) is 3.94. The van der Waals surface area contributed by atoms with Gasteiger partial charge in [-0.25, -0.2) is 0 Å². The number of hydrogen-bond acceptors (Lipinski definition) is 3. The minimum absolute atomic E-state index is 0.0444. The summed E-state index contributed by atoms with van der Waals surface area (Å²) in [5, 5.41) is 3.76. The van der Waals surface area contributed by atoms with Crippen molar-refractivity contribution in [2.45, 2.75) is 84.1 Å². The Labute approximate surface area is 125 Å². The Morgan fingerprint density at radius 2 is 1.75 bits per heavy atom. The van der Waals surface area contributed by atoms with Gasteiger partial charge in [0.05, 0.1) is 11.2 Å². The fraction of sp³-hybridized carbons (Fsp3) is 1.00. The van der Waals surface area contributed by atoms with Crippen LogP contribution in [-0.4, -0.2) is 47.8 Å². The molecule has 1 aliphatic heterocycles. The van der Waals surface area contributed by atoms with Crippen molar-refractivity contribution >= 4 is 0 Å². The predicted octanol–water partition coefficient (Wildman–Crippen LogP) is 3.04. The van der Waals surface area contributed by atoms with Crippen molar-refractivity contribution in [1.82, 2.24) is 10.2 Å². The summed E-state index contributed by atoms with van der Waals surface area (Å²) in [4.78, 5) is 2.66. The van der Waals surface area contributed by atoms with E-state index in [9.17, 15) is 0 Å². The van der Waals surface area contributed by atoms with Gasteiger partial charge in [0, 0.05) is 24.5 Å². The SMILES string of the molecule is CCCNC1C(CN(CC)C2CC2)C(C)(C)OC1(C)C. The summed E-state index contributed by atoms with van der Waals surface area (Å²) in [6.07, 6.45) is 3.95. The molecule has 2 aliphatic rings. The van der Waals surface area contributed by atoms with Gasteiger partial charge >= 0.3 is 0 Å². The lowest BCUT2D eigenvalue weighted by atomic mass is 9.82. The van der Waals surface area contributed by atoms with Crippen LogP contribution in [0.3, 0.4) is 0 Å². The van der Waals surface area contributed by atoms with Crippen LogP contribution in [0.5, 0.6) is 0 Å². The highest BCUT2D eigenvalue weighted by molar-refractivity contribution is 5.06. The number of nitrogens with one attached hydrogen (secondary N) is 1. The maximum Gasteiger partial charge on any atom is 0.0790 e. The van der Waals surface area contributed by atoms with Crippen molar-refractivity contribution in [2.75, 3.05) is 19.6 Å². The molecule has 2 fully saturated rings. The van der Waals surface area contributed by atoms with Crippen LogP contribution >= 0.6 is 0 Å². The van der Waals surface area contributed by atoms with E-state index in [1.54, 1.807) is 0 Å². The van der Waals surface area contributed by atoms with Crippen molar-refractivity contribution < 1.29 is 4.74 Å². The first-order chi connectivity index (χ1) is 9.31. The molecule has 2 atom stereocenters. The van der Waals surface area contributed by atoms with E-state index in [0.29, 0.717) is 12.0 Å². The van der Waals surface area contributed by atoms with Crippen LogP contribution < -0.4 is 5.32 Å².